The van der Waals surface area contributed by atoms with Crippen LogP contribution in [0.1, 0.15) is 67.7 Å². The zero-order valence-corrected chi connectivity index (χ0v) is 30.2. The Bertz CT molecular complexity index is 1050. The highest BCUT2D eigenvalue weighted by molar-refractivity contribution is 7.86. The molecule has 1 fully saturated rings. The number of ether oxygens (including phenoxy) is 1. The summed E-state index contributed by atoms with van der Waals surface area (Å²) in [6.45, 7) is 28.1. The van der Waals surface area contributed by atoms with Crippen molar-refractivity contribution in [2.45, 2.75) is 126 Å². The smallest absolute Gasteiger partial charge is 0.322 e. The minimum absolute atomic E-state index is 0.0508. The van der Waals surface area contributed by atoms with Crippen LogP contribution in [0.5, 0.6) is 0 Å². The molecule has 5 nitrogen and oxygen atoms in total. The summed E-state index contributed by atoms with van der Waals surface area (Å²) in [6.07, 6.45) is 0.709. The summed E-state index contributed by atoms with van der Waals surface area (Å²) in [7, 11) is -6.29. The van der Waals surface area contributed by atoms with Gasteiger partial charge in [-0.1, -0.05) is 66.3 Å². The Balaban J connectivity index is 2.72. The summed E-state index contributed by atoms with van der Waals surface area (Å²) in [5.74, 6) is -1.10. The molecular weight excluding hydrogens is 572 g/mol. The van der Waals surface area contributed by atoms with Gasteiger partial charge in [0.15, 0.2) is 16.6 Å². The van der Waals surface area contributed by atoms with Gasteiger partial charge in [0.2, 0.25) is 0 Å². The number of benzene rings is 1. The van der Waals surface area contributed by atoms with Gasteiger partial charge in [0.25, 0.3) is 0 Å². The first-order valence-corrected chi connectivity index (χ1v) is 22.0. The van der Waals surface area contributed by atoms with Gasteiger partial charge >= 0.3 is 5.97 Å². The van der Waals surface area contributed by atoms with Crippen LogP contribution in [-0.4, -0.2) is 57.6 Å². The van der Waals surface area contributed by atoms with E-state index < -0.39 is 57.4 Å². The molecule has 0 heterocycles. The number of rotatable bonds is 12. The third-order valence-electron chi connectivity index (χ3n) is 9.44. The third kappa shape index (κ3) is 8.71. The number of alkyl halides is 1. The zero-order valence-electron chi connectivity index (χ0n) is 27.3. The summed E-state index contributed by atoms with van der Waals surface area (Å²) in [5, 5.41) is -1.08. The molecule has 0 saturated heterocycles. The molecule has 1 aromatic carbocycles. The van der Waals surface area contributed by atoms with Crippen molar-refractivity contribution in [2.24, 2.45) is 11.8 Å². The molecule has 0 aliphatic heterocycles. The number of carbonyl (C=O) groups is 1. The van der Waals surface area contributed by atoms with Gasteiger partial charge in [-0.2, -0.15) is 0 Å². The maximum Gasteiger partial charge on any atom is 0.322 e. The van der Waals surface area contributed by atoms with Gasteiger partial charge in [-0.3, -0.25) is 13.4 Å². The van der Waals surface area contributed by atoms with Crippen molar-refractivity contribution in [1.29, 1.82) is 0 Å². The lowest BCUT2D eigenvalue weighted by atomic mass is 9.72. The molecular formula is C32H55FO5SSi2. The second-order valence-electron chi connectivity index (χ2n) is 14.4. The van der Waals surface area contributed by atoms with E-state index in [1.165, 1.54) is 0 Å². The predicted octanol–water partition coefficient (Wildman–Crippen LogP) is 8.45. The van der Waals surface area contributed by atoms with Gasteiger partial charge in [-0.15, -0.1) is 0 Å². The second kappa shape index (κ2) is 14.1. The van der Waals surface area contributed by atoms with E-state index in [4.69, 9.17) is 13.6 Å². The van der Waals surface area contributed by atoms with Crippen molar-refractivity contribution in [3.05, 3.63) is 42.5 Å². The lowest BCUT2D eigenvalue weighted by molar-refractivity contribution is -0.144. The quantitative estimate of drug-likeness (QED) is 0.132. The fourth-order valence-corrected chi connectivity index (χ4v) is 9.14. The molecule has 0 N–H and O–H groups in total. The number of hydrogen-bond donors (Lipinski definition) is 0. The molecule has 3 unspecified atom stereocenters. The third-order valence-corrected chi connectivity index (χ3v) is 20.1. The first kappa shape index (κ1) is 36.1. The Hall–Kier alpha value is -1.14. The molecule has 0 bridgehead atoms. The van der Waals surface area contributed by atoms with Crippen molar-refractivity contribution in [3.8, 4) is 0 Å². The Labute approximate surface area is 253 Å². The van der Waals surface area contributed by atoms with Crippen molar-refractivity contribution in [1.82, 2.24) is 0 Å². The van der Waals surface area contributed by atoms with E-state index in [0.29, 0.717) is 24.2 Å². The molecule has 1 saturated carbocycles. The van der Waals surface area contributed by atoms with Crippen molar-refractivity contribution in [3.63, 3.8) is 0 Å². The molecule has 0 amide bonds. The summed E-state index contributed by atoms with van der Waals surface area (Å²) in [5.41, 5.74) is 0.746. The summed E-state index contributed by atoms with van der Waals surface area (Å²) in [6, 6.07) is 9.08. The van der Waals surface area contributed by atoms with Gasteiger partial charge in [0.05, 0.1) is 36.3 Å². The molecule has 2 rings (SSSR count). The summed E-state index contributed by atoms with van der Waals surface area (Å²) >= 11 is 0. The maximum absolute atomic E-state index is 14.1. The number of halogens is 1. The first-order chi connectivity index (χ1) is 18.8. The Kier molecular flexibility index (Phi) is 12.4. The highest BCUT2D eigenvalue weighted by atomic mass is 32.2. The van der Waals surface area contributed by atoms with E-state index in [1.807, 2.05) is 18.2 Å². The highest BCUT2D eigenvalue weighted by Crippen LogP contribution is 2.48. The van der Waals surface area contributed by atoms with E-state index in [1.54, 1.807) is 19.1 Å². The van der Waals surface area contributed by atoms with Crippen LogP contribution in [0.2, 0.25) is 36.3 Å². The predicted molar refractivity (Wildman–Crippen MR) is 173 cm³/mol. The SMILES string of the molecule is C=C1C(C(C(=O)OCC)S(=O)c2ccccc2)C[C@@H](O[Si](C)(C)C(C)(C)C)[C@@H](CCCF)[C@H]1O[Si](C)(C)C(C)(C)C. The van der Waals surface area contributed by atoms with E-state index in [0.717, 1.165) is 5.57 Å². The lowest BCUT2D eigenvalue weighted by Gasteiger charge is -2.51. The van der Waals surface area contributed by atoms with Gasteiger partial charge in [-0.25, -0.2) is 0 Å². The van der Waals surface area contributed by atoms with Crippen LogP contribution < -0.4 is 0 Å². The fraction of sp³-hybridized carbons (Fsp3) is 0.719. The maximum atomic E-state index is 14.1. The van der Waals surface area contributed by atoms with Gasteiger partial charge < -0.3 is 13.6 Å². The van der Waals surface area contributed by atoms with E-state index >= 15 is 0 Å². The minimum Gasteiger partial charge on any atom is -0.465 e. The second-order valence-corrected chi connectivity index (χ2v) is 25.5. The topological polar surface area (TPSA) is 61.8 Å². The summed E-state index contributed by atoms with van der Waals surface area (Å²) < 4.78 is 47.5. The van der Waals surface area contributed by atoms with Crippen LogP contribution in [0, 0.1) is 11.8 Å². The molecule has 1 aliphatic carbocycles. The number of hydrogen-bond acceptors (Lipinski definition) is 5. The van der Waals surface area contributed by atoms with E-state index in [-0.39, 0.29) is 28.7 Å². The van der Waals surface area contributed by atoms with E-state index in [2.05, 4.69) is 74.3 Å². The molecule has 0 spiro atoms. The van der Waals surface area contributed by atoms with Crippen molar-refractivity contribution >= 4 is 33.4 Å². The largest absolute Gasteiger partial charge is 0.465 e. The average Bonchev–Trinajstić information content (AvgIpc) is 2.85. The summed E-state index contributed by atoms with van der Waals surface area (Å²) in [4.78, 5) is 14.2. The molecule has 1 aromatic rings. The van der Waals surface area contributed by atoms with Crippen LogP contribution in [0.4, 0.5) is 4.39 Å². The lowest BCUT2D eigenvalue weighted by Crippen LogP contribution is -2.57. The molecule has 0 aromatic heterocycles. The Morgan fingerprint density at radius 2 is 1.56 bits per heavy atom. The normalized spacial score (nSPS) is 24.1. The number of carbonyl (C=O) groups excluding carboxylic acids is 1. The monoisotopic (exact) mass is 626 g/mol. The molecule has 9 heteroatoms. The van der Waals surface area contributed by atoms with Crippen LogP contribution in [-0.2, 0) is 29.2 Å². The average molecular weight is 627 g/mol. The molecule has 41 heavy (non-hydrogen) atoms. The van der Waals surface area contributed by atoms with Gasteiger partial charge in [0.1, 0.15) is 5.25 Å². The van der Waals surface area contributed by atoms with Crippen LogP contribution >= 0.6 is 0 Å². The van der Waals surface area contributed by atoms with Gasteiger partial charge in [0, 0.05) is 16.7 Å². The van der Waals surface area contributed by atoms with Gasteiger partial charge in [-0.05, 0) is 80.2 Å². The molecule has 1 aliphatic rings. The molecule has 6 atom stereocenters. The Morgan fingerprint density at radius 1 is 1.02 bits per heavy atom. The van der Waals surface area contributed by atoms with E-state index in [9.17, 15) is 13.4 Å². The standard InChI is InChI=1S/C32H55FO5SSi2/c1-13-36-30(34)29(39(35)24-18-15-14-16-19-24)26-22-27(37-40(9,10)31(3,4)5)25(20-17-21-33)28(23(26)2)38-41(11,12)32(6,7)8/h14-16,18-19,25-29H,2,13,17,20-22H2,1,3-12H3/t25-,26?,27-,28+,29?,39?/m1/s1. The van der Waals surface area contributed by atoms with Crippen LogP contribution in [0.3, 0.4) is 0 Å². The van der Waals surface area contributed by atoms with Crippen LogP contribution in [0.15, 0.2) is 47.4 Å². The van der Waals surface area contributed by atoms with Crippen molar-refractivity contribution < 1.29 is 27.0 Å². The molecule has 234 valence electrons. The minimum atomic E-state index is -2.33. The van der Waals surface area contributed by atoms with Crippen LogP contribution in [0.25, 0.3) is 0 Å². The first-order valence-electron chi connectivity index (χ1n) is 15.0. The number of esters is 1. The van der Waals surface area contributed by atoms with Crippen molar-refractivity contribution in [2.75, 3.05) is 13.3 Å². The highest BCUT2D eigenvalue weighted by Gasteiger charge is 2.52. The Morgan fingerprint density at radius 3 is 2.05 bits per heavy atom. The molecule has 0 radical (unpaired) electrons. The fourth-order valence-electron chi connectivity index (χ4n) is 4.90. The zero-order chi connectivity index (χ0) is 31.4.